The van der Waals surface area contributed by atoms with Gasteiger partial charge in [-0.05, 0) is 42.2 Å². The van der Waals surface area contributed by atoms with Crippen molar-refractivity contribution in [2.75, 3.05) is 44.8 Å². The minimum Gasteiger partial charge on any atom is -0.497 e. The summed E-state index contributed by atoms with van der Waals surface area (Å²) >= 11 is 0. The van der Waals surface area contributed by atoms with Gasteiger partial charge < -0.3 is 19.3 Å². The van der Waals surface area contributed by atoms with Crippen LogP contribution < -0.4 is 14.4 Å². The summed E-state index contributed by atoms with van der Waals surface area (Å²) in [5.74, 6) is 2.13. The van der Waals surface area contributed by atoms with E-state index in [-0.39, 0.29) is 12.5 Å². The number of piperazine rings is 1. The normalized spacial score (nSPS) is 14.3. The Balaban J connectivity index is 1.53. The largest absolute Gasteiger partial charge is 0.497 e. The summed E-state index contributed by atoms with van der Waals surface area (Å²) in [6.45, 7) is 9.41. The molecular formula is C23H30N2O3. The SMILES string of the molecule is COc1cccc(N2CCN(C(=O)COc3cc(C(C)C)ccc3C)CC2)c1. The maximum absolute atomic E-state index is 12.6. The Morgan fingerprint density at radius 2 is 1.82 bits per heavy atom. The molecule has 0 bridgehead atoms. The highest BCUT2D eigenvalue weighted by Gasteiger charge is 2.22. The van der Waals surface area contributed by atoms with E-state index in [2.05, 4.69) is 36.9 Å². The van der Waals surface area contributed by atoms with Crippen LogP contribution >= 0.6 is 0 Å². The summed E-state index contributed by atoms with van der Waals surface area (Å²) in [6, 6.07) is 14.3. The van der Waals surface area contributed by atoms with Crippen LogP contribution in [0.4, 0.5) is 5.69 Å². The topological polar surface area (TPSA) is 42.0 Å². The first-order chi connectivity index (χ1) is 13.5. The first-order valence-electron chi connectivity index (χ1n) is 9.88. The molecule has 0 saturated carbocycles. The monoisotopic (exact) mass is 382 g/mol. The lowest BCUT2D eigenvalue weighted by atomic mass is 10.0. The Labute approximate surface area is 167 Å². The number of nitrogens with zero attached hydrogens (tertiary/aromatic N) is 2. The highest BCUT2D eigenvalue weighted by Crippen LogP contribution is 2.25. The number of methoxy groups -OCH3 is 1. The fourth-order valence-electron chi connectivity index (χ4n) is 3.38. The van der Waals surface area contributed by atoms with Crippen LogP contribution in [0.15, 0.2) is 42.5 Å². The lowest BCUT2D eigenvalue weighted by molar-refractivity contribution is -0.133. The van der Waals surface area contributed by atoms with Gasteiger partial charge in [0.05, 0.1) is 7.11 Å². The number of hydrogen-bond acceptors (Lipinski definition) is 4. The van der Waals surface area contributed by atoms with E-state index in [1.807, 2.05) is 36.1 Å². The minimum absolute atomic E-state index is 0.0413. The van der Waals surface area contributed by atoms with E-state index in [1.54, 1.807) is 7.11 Å². The van der Waals surface area contributed by atoms with Crippen LogP contribution in [0.2, 0.25) is 0 Å². The minimum atomic E-state index is 0.0413. The molecule has 28 heavy (non-hydrogen) atoms. The summed E-state index contributed by atoms with van der Waals surface area (Å²) in [4.78, 5) is 16.8. The van der Waals surface area contributed by atoms with Crippen molar-refractivity contribution >= 4 is 11.6 Å². The third kappa shape index (κ3) is 4.77. The van der Waals surface area contributed by atoms with Gasteiger partial charge in [0, 0.05) is 37.9 Å². The molecule has 5 nitrogen and oxygen atoms in total. The van der Waals surface area contributed by atoms with Crippen molar-refractivity contribution in [1.29, 1.82) is 0 Å². The van der Waals surface area contributed by atoms with Gasteiger partial charge in [-0.1, -0.05) is 32.0 Å². The van der Waals surface area contributed by atoms with Gasteiger partial charge in [-0.15, -0.1) is 0 Å². The van der Waals surface area contributed by atoms with Gasteiger partial charge in [0.15, 0.2) is 6.61 Å². The zero-order valence-electron chi connectivity index (χ0n) is 17.3. The van der Waals surface area contributed by atoms with Gasteiger partial charge in [0.1, 0.15) is 11.5 Å². The Morgan fingerprint density at radius 3 is 2.50 bits per heavy atom. The first kappa shape index (κ1) is 20.1. The van der Waals surface area contributed by atoms with Crippen LogP contribution in [0.1, 0.15) is 30.9 Å². The Hall–Kier alpha value is -2.69. The smallest absolute Gasteiger partial charge is 0.260 e. The molecule has 150 valence electrons. The van der Waals surface area contributed by atoms with Crippen molar-refractivity contribution in [3.8, 4) is 11.5 Å². The average molecular weight is 383 g/mol. The van der Waals surface area contributed by atoms with Crippen molar-refractivity contribution in [2.45, 2.75) is 26.7 Å². The van der Waals surface area contributed by atoms with Gasteiger partial charge in [-0.25, -0.2) is 0 Å². The predicted molar refractivity (Wildman–Crippen MR) is 113 cm³/mol. The van der Waals surface area contributed by atoms with Crippen molar-refractivity contribution in [2.24, 2.45) is 0 Å². The summed E-state index contributed by atoms with van der Waals surface area (Å²) in [5, 5.41) is 0. The van der Waals surface area contributed by atoms with E-state index in [0.717, 1.165) is 35.8 Å². The van der Waals surface area contributed by atoms with E-state index in [4.69, 9.17) is 9.47 Å². The van der Waals surface area contributed by atoms with Crippen LogP contribution in [0, 0.1) is 6.92 Å². The molecule has 1 saturated heterocycles. The molecule has 0 spiro atoms. The molecule has 1 heterocycles. The molecule has 1 amide bonds. The summed E-state index contributed by atoms with van der Waals surface area (Å²) in [6.07, 6.45) is 0. The number of anilines is 1. The maximum Gasteiger partial charge on any atom is 0.260 e. The molecular weight excluding hydrogens is 352 g/mol. The zero-order chi connectivity index (χ0) is 20.1. The Kier molecular flexibility index (Phi) is 6.45. The standard InChI is InChI=1S/C23H30N2O3/c1-17(2)19-9-8-18(3)22(14-19)28-16-23(26)25-12-10-24(11-13-25)20-6-5-7-21(15-20)27-4/h5-9,14-15,17H,10-13,16H2,1-4H3. The Morgan fingerprint density at radius 1 is 1.07 bits per heavy atom. The van der Waals surface area contributed by atoms with Crippen LogP contribution in [-0.2, 0) is 4.79 Å². The molecule has 0 atom stereocenters. The number of rotatable bonds is 6. The molecule has 0 unspecified atom stereocenters. The molecule has 2 aromatic carbocycles. The summed E-state index contributed by atoms with van der Waals surface area (Å²) < 4.78 is 11.2. The number of aryl methyl sites for hydroxylation is 1. The fraction of sp³-hybridized carbons (Fsp3) is 0.435. The van der Waals surface area contributed by atoms with Crippen LogP contribution in [0.3, 0.4) is 0 Å². The van der Waals surface area contributed by atoms with Gasteiger partial charge >= 0.3 is 0 Å². The van der Waals surface area contributed by atoms with E-state index in [9.17, 15) is 4.79 Å². The molecule has 1 aliphatic rings. The Bertz CT molecular complexity index is 811. The average Bonchev–Trinajstić information content (AvgIpc) is 2.73. The number of carbonyl (C=O) groups is 1. The predicted octanol–water partition coefficient (Wildman–Crippen LogP) is 3.85. The quantitative estimate of drug-likeness (QED) is 0.761. The highest BCUT2D eigenvalue weighted by molar-refractivity contribution is 5.78. The van der Waals surface area contributed by atoms with Gasteiger partial charge in [-0.3, -0.25) is 4.79 Å². The molecule has 1 fully saturated rings. The van der Waals surface area contributed by atoms with E-state index in [1.165, 1.54) is 5.56 Å². The molecule has 0 radical (unpaired) electrons. The van der Waals surface area contributed by atoms with Crippen molar-refractivity contribution in [3.63, 3.8) is 0 Å². The summed E-state index contributed by atoms with van der Waals surface area (Å²) in [7, 11) is 1.67. The first-order valence-corrected chi connectivity index (χ1v) is 9.88. The number of carbonyl (C=O) groups excluding carboxylic acids is 1. The molecule has 5 heteroatoms. The van der Waals surface area contributed by atoms with Crippen LogP contribution in [-0.4, -0.2) is 50.7 Å². The second-order valence-electron chi connectivity index (χ2n) is 7.54. The molecule has 0 aliphatic carbocycles. The van der Waals surface area contributed by atoms with E-state index < -0.39 is 0 Å². The molecule has 0 N–H and O–H groups in total. The molecule has 3 rings (SSSR count). The lowest BCUT2D eigenvalue weighted by Crippen LogP contribution is -2.50. The van der Waals surface area contributed by atoms with Crippen LogP contribution in [0.5, 0.6) is 11.5 Å². The maximum atomic E-state index is 12.6. The summed E-state index contributed by atoms with van der Waals surface area (Å²) in [5.41, 5.74) is 3.41. The molecule has 2 aromatic rings. The van der Waals surface area contributed by atoms with Crippen molar-refractivity contribution in [3.05, 3.63) is 53.6 Å². The third-order valence-electron chi connectivity index (χ3n) is 5.28. The van der Waals surface area contributed by atoms with Crippen molar-refractivity contribution < 1.29 is 14.3 Å². The highest BCUT2D eigenvalue weighted by atomic mass is 16.5. The van der Waals surface area contributed by atoms with Crippen LogP contribution in [0.25, 0.3) is 0 Å². The fourth-order valence-corrected chi connectivity index (χ4v) is 3.38. The molecule has 1 aliphatic heterocycles. The number of hydrogen-bond donors (Lipinski definition) is 0. The zero-order valence-corrected chi connectivity index (χ0v) is 17.3. The van der Waals surface area contributed by atoms with E-state index >= 15 is 0 Å². The second-order valence-corrected chi connectivity index (χ2v) is 7.54. The lowest BCUT2D eigenvalue weighted by Gasteiger charge is -2.36. The van der Waals surface area contributed by atoms with Gasteiger partial charge in [-0.2, -0.15) is 0 Å². The number of benzene rings is 2. The second kappa shape index (κ2) is 9.00. The van der Waals surface area contributed by atoms with Crippen molar-refractivity contribution in [1.82, 2.24) is 4.90 Å². The van der Waals surface area contributed by atoms with Gasteiger partial charge in [0.2, 0.25) is 0 Å². The number of amides is 1. The third-order valence-corrected chi connectivity index (χ3v) is 5.28. The number of ether oxygens (including phenoxy) is 2. The van der Waals surface area contributed by atoms with E-state index in [0.29, 0.717) is 19.0 Å². The molecule has 0 aromatic heterocycles. The van der Waals surface area contributed by atoms with Gasteiger partial charge in [0.25, 0.3) is 5.91 Å².